The van der Waals surface area contributed by atoms with Gasteiger partial charge in [-0.3, -0.25) is 4.98 Å². The van der Waals surface area contributed by atoms with Gasteiger partial charge in [-0.1, -0.05) is 29.3 Å². The van der Waals surface area contributed by atoms with Gasteiger partial charge in [0.15, 0.2) is 17.8 Å². The van der Waals surface area contributed by atoms with Gasteiger partial charge in [-0.2, -0.15) is 0 Å². The Hall–Kier alpha value is -3.08. The van der Waals surface area contributed by atoms with E-state index in [-0.39, 0.29) is 12.2 Å². The number of halogens is 3. The molecule has 0 aliphatic rings. The first-order chi connectivity index (χ1) is 18.3. The molecule has 0 aliphatic heterocycles. The Bertz CT molecular complexity index is 1360. The molecule has 4 aromatic rings. The maximum Gasteiger partial charge on any atom is 0.191 e. The topological polar surface area (TPSA) is 93.1 Å². The number of hydrogen-bond donors (Lipinski definition) is 3. The van der Waals surface area contributed by atoms with E-state index in [4.69, 9.17) is 37.4 Å². The highest BCUT2D eigenvalue weighted by molar-refractivity contribution is 7.12. The molecule has 0 fully saturated rings. The smallest absolute Gasteiger partial charge is 0.191 e. The molecule has 0 amide bonds. The van der Waals surface area contributed by atoms with Gasteiger partial charge in [0.25, 0.3) is 0 Å². The van der Waals surface area contributed by atoms with Crippen molar-refractivity contribution >= 4 is 40.2 Å². The third kappa shape index (κ3) is 6.86. The second kappa shape index (κ2) is 12.6. The zero-order valence-corrected chi connectivity index (χ0v) is 22.8. The molecule has 0 radical (unpaired) electrons. The molecule has 0 aliphatic carbocycles. The highest BCUT2D eigenvalue weighted by atomic mass is 35.5. The van der Waals surface area contributed by atoms with Crippen LogP contribution in [0.4, 0.5) is 10.1 Å². The number of nitrogens with zero attached hydrogens (tertiary/aromatic N) is 1. The Morgan fingerprint density at radius 2 is 1.74 bits per heavy atom. The first-order valence-electron chi connectivity index (χ1n) is 11.4. The quantitative estimate of drug-likeness (QED) is 0.166. The Morgan fingerprint density at radius 1 is 1.00 bits per heavy atom. The summed E-state index contributed by atoms with van der Waals surface area (Å²) in [6, 6.07) is 12.7. The summed E-state index contributed by atoms with van der Waals surface area (Å²) in [6.07, 6.45) is 1.35. The number of aromatic hydroxyl groups is 1. The van der Waals surface area contributed by atoms with E-state index in [0.29, 0.717) is 44.2 Å². The lowest BCUT2D eigenvalue weighted by Gasteiger charge is -2.23. The second-order valence-corrected chi connectivity index (χ2v) is 10.2. The second-order valence-electron chi connectivity index (χ2n) is 8.23. The van der Waals surface area contributed by atoms with Gasteiger partial charge in [0.1, 0.15) is 11.6 Å². The van der Waals surface area contributed by atoms with Crippen LogP contribution < -0.4 is 14.8 Å². The van der Waals surface area contributed by atoms with Gasteiger partial charge >= 0.3 is 0 Å². The van der Waals surface area contributed by atoms with E-state index in [1.165, 1.54) is 43.0 Å². The van der Waals surface area contributed by atoms with E-state index in [0.717, 1.165) is 16.5 Å². The Balaban J connectivity index is 1.54. The van der Waals surface area contributed by atoms with Crippen LogP contribution in [0.2, 0.25) is 10.0 Å². The molecule has 0 spiro atoms. The van der Waals surface area contributed by atoms with Crippen LogP contribution >= 0.6 is 34.5 Å². The lowest BCUT2D eigenvalue weighted by molar-refractivity contribution is -0.139. The largest absolute Gasteiger partial charge is 0.508 e. The van der Waals surface area contributed by atoms with Gasteiger partial charge in [0, 0.05) is 48.1 Å². The van der Waals surface area contributed by atoms with Crippen molar-refractivity contribution in [2.75, 3.05) is 19.5 Å². The monoisotopic (exact) mass is 578 g/mol. The molecule has 0 saturated carbocycles. The molecule has 2 aromatic heterocycles. The number of aromatic nitrogens is 1. The minimum absolute atomic E-state index is 0.168. The van der Waals surface area contributed by atoms with Crippen LogP contribution in [0.5, 0.6) is 17.2 Å². The van der Waals surface area contributed by atoms with Crippen LogP contribution in [0, 0.1) is 5.82 Å². The Morgan fingerprint density at radius 3 is 2.42 bits per heavy atom. The summed E-state index contributed by atoms with van der Waals surface area (Å²) in [4.78, 5) is 5.45. The van der Waals surface area contributed by atoms with Crippen molar-refractivity contribution in [1.29, 1.82) is 0 Å². The molecule has 1 unspecified atom stereocenters. The molecular weight excluding hydrogens is 554 g/mol. The van der Waals surface area contributed by atoms with Crippen molar-refractivity contribution in [3.63, 3.8) is 0 Å². The standard InChI is InChI=1S/C27H25Cl2FN2O5S/c1-35-23-5-3-15(7-25(23)36-2)24(11-20-21(28)13-31-14-22(20)29)37-27(34)26-6-4-19(38-26)12-32-17-8-16(30)9-18(33)10-17/h3-10,13-14,24,27,32-34H,11-12H2,1-2H3/t24-,27?/m0/s1. The third-order valence-corrected chi connectivity index (χ3v) is 7.46. The van der Waals surface area contributed by atoms with Crippen molar-refractivity contribution in [1.82, 2.24) is 4.98 Å². The zero-order chi connectivity index (χ0) is 27.2. The van der Waals surface area contributed by atoms with Crippen LogP contribution in [0.25, 0.3) is 0 Å². The van der Waals surface area contributed by atoms with Crippen molar-refractivity contribution in [3.05, 3.63) is 97.7 Å². The summed E-state index contributed by atoms with van der Waals surface area (Å²) < 4.78 is 30.5. The molecule has 3 N–H and O–H groups in total. The van der Waals surface area contributed by atoms with Gasteiger partial charge in [0.2, 0.25) is 0 Å². The SMILES string of the molecule is COc1ccc([C@H](Cc2c(Cl)cncc2Cl)OC(O)c2ccc(CNc3cc(O)cc(F)c3)s2)cc1OC. The molecule has 4 rings (SSSR count). The minimum atomic E-state index is -1.26. The average Bonchev–Trinajstić information content (AvgIpc) is 3.37. The number of aliphatic hydroxyl groups is 1. The number of phenols is 1. The summed E-state index contributed by atoms with van der Waals surface area (Å²) in [6.45, 7) is 0.363. The van der Waals surface area contributed by atoms with E-state index in [1.54, 1.807) is 25.3 Å². The van der Waals surface area contributed by atoms with Crippen molar-refractivity contribution in [2.45, 2.75) is 25.4 Å². The van der Waals surface area contributed by atoms with Crippen LogP contribution in [-0.4, -0.2) is 29.4 Å². The van der Waals surface area contributed by atoms with Gasteiger partial charge in [-0.15, -0.1) is 11.3 Å². The highest BCUT2D eigenvalue weighted by Crippen LogP contribution is 2.38. The lowest BCUT2D eigenvalue weighted by Crippen LogP contribution is -2.13. The summed E-state index contributed by atoms with van der Waals surface area (Å²) >= 11 is 14.1. The molecule has 11 heteroatoms. The molecule has 200 valence electrons. The van der Waals surface area contributed by atoms with Gasteiger partial charge < -0.3 is 29.7 Å². The Labute approximate surface area is 233 Å². The fourth-order valence-corrected chi connectivity index (χ4v) is 5.22. The summed E-state index contributed by atoms with van der Waals surface area (Å²) in [5.74, 6) is 0.350. The number of methoxy groups -OCH3 is 2. The number of phenolic OH excluding ortho intramolecular Hbond substituents is 1. The summed E-state index contributed by atoms with van der Waals surface area (Å²) in [7, 11) is 3.08. The molecule has 0 saturated heterocycles. The first-order valence-corrected chi connectivity index (χ1v) is 13.0. The summed E-state index contributed by atoms with van der Waals surface area (Å²) in [5, 5.41) is 24.4. The van der Waals surface area contributed by atoms with Crippen molar-refractivity contribution in [3.8, 4) is 17.2 Å². The van der Waals surface area contributed by atoms with E-state index >= 15 is 0 Å². The number of pyridine rings is 1. The van der Waals surface area contributed by atoms with E-state index in [1.807, 2.05) is 12.1 Å². The number of hydrogen-bond acceptors (Lipinski definition) is 8. The number of benzene rings is 2. The predicted octanol–water partition coefficient (Wildman–Crippen LogP) is 6.92. The van der Waals surface area contributed by atoms with Crippen molar-refractivity contribution in [2.24, 2.45) is 0 Å². The zero-order valence-electron chi connectivity index (χ0n) is 20.5. The Kier molecular flexibility index (Phi) is 9.30. The maximum absolute atomic E-state index is 13.5. The van der Waals surface area contributed by atoms with Gasteiger partial charge in [-0.05, 0) is 41.5 Å². The average molecular weight is 579 g/mol. The number of nitrogens with one attached hydrogen (secondary N) is 1. The van der Waals surface area contributed by atoms with Crippen LogP contribution in [0.1, 0.15) is 33.3 Å². The molecular formula is C27H25Cl2FN2O5S. The fraction of sp³-hybridized carbons (Fsp3) is 0.222. The van der Waals surface area contributed by atoms with E-state index in [9.17, 15) is 14.6 Å². The maximum atomic E-state index is 13.5. The fourth-order valence-electron chi connectivity index (χ4n) is 3.83. The van der Waals surface area contributed by atoms with Gasteiger partial charge in [0.05, 0.1) is 35.2 Å². The number of ether oxygens (including phenoxy) is 3. The molecule has 0 bridgehead atoms. The molecule has 2 heterocycles. The number of aliphatic hydroxyl groups excluding tert-OH is 1. The highest BCUT2D eigenvalue weighted by Gasteiger charge is 2.24. The van der Waals surface area contributed by atoms with E-state index < -0.39 is 18.2 Å². The van der Waals surface area contributed by atoms with E-state index in [2.05, 4.69) is 10.3 Å². The van der Waals surface area contributed by atoms with Crippen LogP contribution in [0.3, 0.4) is 0 Å². The predicted molar refractivity (Wildman–Crippen MR) is 146 cm³/mol. The van der Waals surface area contributed by atoms with Crippen LogP contribution in [0.15, 0.2) is 60.9 Å². The lowest BCUT2D eigenvalue weighted by atomic mass is 10.0. The molecule has 38 heavy (non-hydrogen) atoms. The van der Waals surface area contributed by atoms with Crippen molar-refractivity contribution < 1.29 is 28.8 Å². The summed E-state index contributed by atoms with van der Waals surface area (Å²) in [5.41, 5.74) is 1.79. The first kappa shape index (κ1) is 27.9. The number of thiophene rings is 1. The van der Waals surface area contributed by atoms with Crippen LogP contribution in [-0.2, 0) is 17.7 Å². The number of rotatable bonds is 11. The number of anilines is 1. The normalized spacial score (nSPS) is 12.7. The minimum Gasteiger partial charge on any atom is -0.508 e. The van der Waals surface area contributed by atoms with Gasteiger partial charge in [-0.25, -0.2) is 4.39 Å². The molecule has 2 atom stereocenters. The molecule has 2 aromatic carbocycles. The molecule has 7 nitrogen and oxygen atoms in total. The third-order valence-electron chi connectivity index (χ3n) is 5.69.